The Hall–Kier alpha value is -1.53. The summed E-state index contributed by atoms with van der Waals surface area (Å²) in [6.45, 7) is 3.48. The second-order valence-electron chi connectivity index (χ2n) is 5.51. The predicted molar refractivity (Wildman–Crippen MR) is 76.9 cm³/mol. The Labute approximate surface area is 120 Å². The zero-order valence-corrected chi connectivity index (χ0v) is 12.5. The minimum Gasteiger partial charge on any atom is -0.333 e. The van der Waals surface area contributed by atoms with Gasteiger partial charge in [-0.2, -0.15) is 0 Å². The van der Waals surface area contributed by atoms with Gasteiger partial charge in [-0.3, -0.25) is 4.79 Å². The van der Waals surface area contributed by atoms with Gasteiger partial charge in [0.1, 0.15) is 5.82 Å². The van der Waals surface area contributed by atoms with Crippen molar-refractivity contribution < 1.29 is 4.79 Å². The van der Waals surface area contributed by atoms with Gasteiger partial charge in [-0.15, -0.1) is 0 Å². The Kier molecular flexibility index (Phi) is 4.67. The van der Waals surface area contributed by atoms with Gasteiger partial charge in [0, 0.05) is 24.8 Å². The monoisotopic (exact) mass is 277 g/mol. The number of carbonyl (C=O) groups excluding carboxylic acids is 1. The minimum absolute atomic E-state index is 0.000400. The summed E-state index contributed by atoms with van der Waals surface area (Å²) in [5.74, 6) is 0.745. The van der Waals surface area contributed by atoms with Crippen LogP contribution in [0.15, 0.2) is 6.20 Å². The lowest BCUT2D eigenvalue weighted by Crippen LogP contribution is -2.36. The average molecular weight is 277 g/mol. The molecule has 1 aliphatic heterocycles. The van der Waals surface area contributed by atoms with E-state index >= 15 is 0 Å². The lowest BCUT2D eigenvalue weighted by Gasteiger charge is -2.26. The summed E-state index contributed by atoms with van der Waals surface area (Å²) in [4.78, 5) is 24.8. The first-order valence-corrected chi connectivity index (χ1v) is 6.99. The van der Waals surface area contributed by atoms with Crippen LogP contribution in [-0.2, 0) is 11.3 Å². The number of nitrogens with zero attached hydrogens (tertiary/aromatic N) is 4. The largest absolute Gasteiger partial charge is 0.333 e. The molecule has 2 N–H and O–H groups in total. The van der Waals surface area contributed by atoms with Gasteiger partial charge in [-0.05, 0) is 33.9 Å². The smallest absolute Gasteiger partial charge is 0.236 e. The quantitative estimate of drug-likeness (QED) is 0.866. The second kappa shape index (κ2) is 6.28. The van der Waals surface area contributed by atoms with E-state index in [-0.39, 0.29) is 18.5 Å². The molecule has 2 heterocycles. The van der Waals surface area contributed by atoms with Crippen molar-refractivity contribution in [3.05, 3.63) is 23.3 Å². The van der Waals surface area contributed by atoms with E-state index in [1.165, 1.54) is 0 Å². The number of aromatic nitrogens is 2. The van der Waals surface area contributed by atoms with E-state index < -0.39 is 0 Å². The van der Waals surface area contributed by atoms with Crippen LogP contribution in [0, 0.1) is 6.92 Å². The van der Waals surface area contributed by atoms with Gasteiger partial charge in [-0.25, -0.2) is 9.97 Å². The first-order chi connectivity index (χ1) is 9.52. The molecular formula is C14H23N5O. The number of carbonyl (C=O) groups is 1. The molecule has 2 rings (SSSR count). The van der Waals surface area contributed by atoms with E-state index in [2.05, 4.69) is 14.9 Å². The number of rotatable bonds is 4. The molecule has 0 aromatic carbocycles. The van der Waals surface area contributed by atoms with Crippen LogP contribution in [0.2, 0.25) is 0 Å². The Morgan fingerprint density at radius 1 is 1.55 bits per heavy atom. The Morgan fingerprint density at radius 3 is 2.95 bits per heavy atom. The molecule has 1 unspecified atom stereocenters. The normalized spacial score (nSPS) is 18.9. The summed E-state index contributed by atoms with van der Waals surface area (Å²) in [7, 11) is 4.03. The third-order valence-electron chi connectivity index (χ3n) is 3.57. The molecule has 0 bridgehead atoms. The molecule has 110 valence electrons. The number of amides is 1. The summed E-state index contributed by atoms with van der Waals surface area (Å²) in [5.41, 5.74) is 7.57. The van der Waals surface area contributed by atoms with E-state index in [0.29, 0.717) is 0 Å². The summed E-state index contributed by atoms with van der Waals surface area (Å²) < 4.78 is 0. The third-order valence-corrected chi connectivity index (χ3v) is 3.57. The van der Waals surface area contributed by atoms with E-state index in [9.17, 15) is 4.79 Å². The lowest BCUT2D eigenvalue weighted by molar-refractivity contribution is -0.130. The first-order valence-electron chi connectivity index (χ1n) is 6.99. The van der Waals surface area contributed by atoms with E-state index in [1.54, 1.807) is 0 Å². The summed E-state index contributed by atoms with van der Waals surface area (Å²) >= 11 is 0. The predicted octanol–water partition coefficient (Wildman–Crippen LogP) is 0.469. The second-order valence-corrected chi connectivity index (χ2v) is 5.51. The third kappa shape index (κ3) is 3.13. The van der Waals surface area contributed by atoms with Crippen molar-refractivity contribution in [2.75, 3.05) is 27.2 Å². The number of nitrogens with two attached hydrogens (primary N) is 1. The Bertz CT molecular complexity index is 488. The number of aryl methyl sites for hydroxylation is 1. The highest BCUT2D eigenvalue weighted by molar-refractivity contribution is 5.78. The highest BCUT2D eigenvalue weighted by Gasteiger charge is 2.32. The molecule has 1 aromatic rings. The summed E-state index contributed by atoms with van der Waals surface area (Å²) in [5, 5.41) is 0. The standard InChI is InChI=1S/C14H23N5O/c1-10-16-8-11(9-18(2)3)14(17-10)12-5-4-6-19(12)13(20)7-15/h8,12H,4-7,9,15H2,1-3H3. The molecule has 0 radical (unpaired) electrons. The van der Waals surface area contributed by atoms with Crippen LogP contribution in [0.25, 0.3) is 0 Å². The average Bonchev–Trinajstić information content (AvgIpc) is 2.88. The number of likely N-dealkylation sites (tertiary alicyclic amines) is 1. The molecule has 1 amide bonds. The van der Waals surface area contributed by atoms with Crippen molar-refractivity contribution in [2.24, 2.45) is 5.73 Å². The van der Waals surface area contributed by atoms with Crippen molar-refractivity contribution >= 4 is 5.91 Å². The van der Waals surface area contributed by atoms with Crippen LogP contribution in [0.3, 0.4) is 0 Å². The molecule has 6 nitrogen and oxygen atoms in total. The fourth-order valence-electron chi connectivity index (χ4n) is 2.73. The van der Waals surface area contributed by atoms with E-state index in [4.69, 9.17) is 5.73 Å². The molecule has 1 saturated heterocycles. The molecule has 20 heavy (non-hydrogen) atoms. The van der Waals surface area contributed by atoms with Crippen LogP contribution < -0.4 is 5.73 Å². The van der Waals surface area contributed by atoms with Gasteiger partial charge in [0.15, 0.2) is 0 Å². The highest BCUT2D eigenvalue weighted by Crippen LogP contribution is 2.32. The highest BCUT2D eigenvalue weighted by atomic mass is 16.2. The van der Waals surface area contributed by atoms with Gasteiger partial charge in [0.25, 0.3) is 0 Å². The van der Waals surface area contributed by atoms with Crippen molar-refractivity contribution in [1.82, 2.24) is 19.8 Å². The minimum atomic E-state index is -0.000400. The molecule has 0 aliphatic carbocycles. The van der Waals surface area contributed by atoms with Crippen LogP contribution in [-0.4, -0.2) is 52.9 Å². The fourth-order valence-corrected chi connectivity index (χ4v) is 2.73. The maximum absolute atomic E-state index is 12.0. The number of hydrogen-bond donors (Lipinski definition) is 1. The van der Waals surface area contributed by atoms with Crippen LogP contribution in [0.5, 0.6) is 0 Å². The van der Waals surface area contributed by atoms with Crippen LogP contribution in [0.1, 0.15) is 36.0 Å². The topological polar surface area (TPSA) is 75.4 Å². The van der Waals surface area contributed by atoms with Crippen molar-refractivity contribution in [2.45, 2.75) is 32.4 Å². The van der Waals surface area contributed by atoms with Gasteiger partial charge in [0.2, 0.25) is 5.91 Å². The van der Waals surface area contributed by atoms with E-state index in [1.807, 2.05) is 32.1 Å². The van der Waals surface area contributed by atoms with Crippen LogP contribution >= 0.6 is 0 Å². The molecule has 1 atom stereocenters. The van der Waals surface area contributed by atoms with Crippen molar-refractivity contribution in [1.29, 1.82) is 0 Å². The van der Waals surface area contributed by atoms with Crippen molar-refractivity contribution in [3.8, 4) is 0 Å². The molecule has 0 saturated carbocycles. The van der Waals surface area contributed by atoms with Crippen molar-refractivity contribution in [3.63, 3.8) is 0 Å². The molecule has 1 fully saturated rings. The maximum Gasteiger partial charge on any atom is 0.236 e. The molecule has 1 aliphatic rings. The van der Waals surface area contributed by atoms with Crippen LogP contribution in [0.4, 0.5) is 0 Å². The molecular weight excluding hydrogens is 254 g/mol. The first kappa shape index (κ1) is 14.9. The SMILES string of the molecule is Cc1ncc(CN(C)C)c(C2CCCN2C(=O)CN)n1. The van der Waals surface area contributed by atoms with Gasteiger partial charge < -0.3 is 15.5 Å². The zero-order chi connectivity index (χ0) is 14.7. The summed E-state index contributed by atoms with van der Waals surface area (Å²) in [6, 6.07) is 0.0442. The van der Waals surface area contributed by atoms with E-state index in [0.717, 1.165) is 43.0 Å². The molecule has 6 heteroatoms. The molecule has 0 spiro atoms. The fraction of sp³-hybridized carbons (Fsp3) is 0.643. The zero-order valence-electron chi connectivity index (χ0n) is 12.5. The summed E-state index contributed by atoms with van der Waals surface area (Å²) in [6.07, 6.45) is 3.82. The van der Waals surface area contributed by atoms with Gasteiger partial charge in [-0.1, -0.05) is 0 Å². The Morgan fingerprint density at radius 2 is 2.30 bits per heavy atom. The number of hydrogen-bond acceptors (Lipinski definition) is 5. The lowest BCUT2D eigenvalue weighted by atomic mass is 10.1. The van der Waals surface area contributed by atoms with Gasteiger partial charge in [0.05, 0.1) is 18.3 Å². The maximum atomic E-state index is 12.0. The van der Waals surface area contributed by atoms with Gasteiger partial charge >= 0.3 is 0 Å². The molecule has 1 aromatic heterocycles. The Balaban J connectivity index is 2.34.